The lowest BCUT2D eigenvalue weighted by Crippen LogP contribution is -1.86. The van der Waals surface area contributed by atoms with Crippen molar-refractivity contribution in [1.82, 2.24) is 0 Å². The Labute approximate surface area is 80.0 Å². The maximum absolute atomic E-state index is 8.82. The van der Waals surface area contributed by atoms with Crippen molar-refractivity contribution in [2.24, 2.45) is 0 Å². The van der Waals surface area contributed by atoms with E-state index in [1.54, 1.807) is 18.4 Å². The summed E-state index contributed by atoms with van der Waals surface area (Å²) in [6.07, 6.45) is 0. The summed E-state index contributed by atoms with van der Waals surface area (Å²) in [5.74, 6) is 0.647. The predicted octanol–water partition coefficient (Wildman–Crippen LogP) is 2.78. The zero-order valence-electron chi connectivity index (χ0n) is 7.07. The highest BCUT2D eigenvalue weighted by atomic mass is 32.1. The second kappa shape index (κ2) is 3.08. The second-order valence-electron chi connectivity index (χ2n) is 2.62. The number of nitrogens with zero attached hydrogens (tertiary/aromatic N) is 1. The third-order valence-corrected chi connectivity index (χ3v) is 2.77. The van der Waals surface area contributed by atoms with Gasteiger partial charge in [0.05, 0.1) is 12.7 Å². The highest BCUT2D eigenvalue weighted by Crippen LogP contribution is 2.28. The van der Waals surface area contributed by atoms with E-state index in [0.29, 0.717) is 11.3 Å². The number of benzene rings is 1. The number of ether oxygens (including phenoxy) is 1. The lowest BCUT2D eigenvalue weighted by molar-refractivity contribution is 0.414. The molecular weight excluding hydrogens is 182 g/mol. The van der Waals surface area contributed by atoms with E-state index in [1.807, 2.05) is 23.6 Å². The Hall–Kier alpha value is -1.53. The van der Waals surface area contributed by atoms with Crippen LogP contribution in [0.2, 0.25) is 0 Å². The number of methoxy groups -OCH3 is 1. The van der Waals surface area contributed by atoms with E-state index < -0.39 is 0 Å². The molecule has 3 heteroatoms. The first-order valence-electron chi connectivity index (χ1n) is 3.80. The molecule has 0 spiro atoms. The fourth-order valence-electron chi connectivity index (χ4n) is 1.24. The molecule has 0 aliphatic carbocycles. The third kappa shape index (κ3) is 1.25. The van der Waals surface area contributed by atoms with Crippen LogP contribution in [0.5, 0.6) is 5.75 Å². The summed E-state index contributed by atoms with van der Waals surface area (Å²) < 4.78 is 6.22. The summed E-state index contributed by atoms with van der Waals surface area (Å²) in [4.78, 5) is 0. The smallest absolute Gasteiger partial charge is 0.137 e. The molecule has 0 aliphatic heterocycles. The van der Waals surface area contributed by atoms with E-state index >= 15 is 0 Å². The molecule has 0 saturated heterocycles. The Morgan fingerprint density at radius 3 is 3.00 bits per heavy atom. The minimum Gasteiger partial charge on any atom is -0.495 e. The van der Waals surface area contributed by atoms with E-state index in [2.05, 4.69) is 6.07 Å². The van der Waals surface area contributed by atoms with Gasteiger partial charge in [-0.3, -0.25) is 0 Å². The Morgan fingerprint density at radius 2 is 2.31 bits per heavy atom. The normalized spacial score (nSPS) is 9.85. The van der Waals surface area contributed by atoms with Crippen LogP contribution in [0.25, 0.3) is 10.1 Å². The SMILES string of the molecule is COc1cc2ccsc2cc1C#N. The van der Waals surface area contributed by atoms with Crippen molar-refractivity contribution >= 4 is 21.4 Å². The number of fused-ring (bicyclic) bond motifs is 1. The van der Waals surface area contributed by atoms with Gasteiger partial charge in [-0.2, -0.15) is 5.26 Å². The molecule has 2 nitrogen and oxygen atoms in total. The molecular formula is C10H7NOS. The fourth-order valence-corrected chi connectivity index (χ4v) is 2.06. The Morgan fingerprint density at radius 1 is 1.46 bits per heavy atom. The maximum atomic E-state index is 8.82. The fraction of sp³-hybridized carbons (Fsp3) is 0.100. The molecule has 1 aromatic heterocycles. The van der Waals surface area contributed by atoms with Crippen molar-refractivity contribution in [2.45, 2.75) is 0 Å². The molecule has 1 heterocycles. The minimum atomic E-state index is 0.595. The maximum Gasteiger partial charge on any atom is 0.137 e. The van der Waals surface area contributed by atoms with Crippen molar-refractivity contribution in [3.05, 3.63) is 29.1 Å². The van der Waals surface area contributed by atoms with E-state index in [-0.39, 0.29) is 0 Å². The van der Waals surface area contributed by atoms with Crippen LogP contribution >= 0.6 is 11.3 Å². The monoisotopic (exact) mass is 189 g/mol. The average Bonchev–Trinajstić information content (AvgIpc) is 2.62. The van der Waals surface area contributed by atoms with E-state index in [9.17, 15) is 0 Å². The number of hydrogen-bond donors (Lipinski definition) is 0. The molecule has 13 heavy (non-hydrogen) atoms. The largest absolute Gasteiger partial charge is 0.495 e. The third-order valence-electron chi connectivity index (χ3n) is 1.89. The second-order valence-corrected chi connectivity index (χ2v) is 3.57. The quantitative estimate of drug-likeness (QED) is 0.691. The molecule has 0 atom stereocenters. The molecule has 0 radical (unpaired) electrons. The van der Waals surface area contributed by atoms with Gasteiger partial charge in [0, 0.05) is 4.70 Å². The molecule has 0 saturated carbocycles. The Bertz CT molecular complexity index is 481. The number of nitriles is 1. The van der Waals surface area contributed by atoms with Crippen molar-refractivity contribution in [3.8, 4) is 11.8 Å². The van der Waals surface area contributed by atoms with Crippen molar-refractivity contribution in [3.63, 3.8) is 0 Å². The standard InChI is InChI=1S/C10H7NOS/c1-12-9-4-7-2-3-13-10(7)5-8(9)6-11/h2-5H,1H3. The molecule has 0 bridgehead atoms. The Kier molecular flexibility index (Phi) is 1.91. The van der Waals surface area contributed by atoms with Crippen molar-refractivity contribution in [1.29, 1.82) is 5.26 Å². The van der Waals surface area contributed by atoms with Gasteiger partial charge in [-0.05, 0) is 29.0 Å². The predicted molar refractivity (Wildman–Crippen MR) is 53.1 cm³/mol. The first kappa shape index (κ1) is 8.09. The molecule has 0 unspecified atom stereocenters. The van der Waals surface area contributed by atoms with E-state index in [4.69, 9.17) is 10.00 Å². The zero-order valence-corrected chi connectivity index (χ0v) is 7.89. The van der Waals surface area contributed by atoms with Crippen LogP contribution < -0.4 is 4.74 Å². The highest BCUT2D eigenvalue weighted by molar-refractivity contribution is 7.17. The molecule has 0 fully saturated rings. The van der Waals surface area contributed by atoms with Gasteiger partial charge in [0.15, 0.2) is 0 Å². The van der Waals surface area contributed by atoms with E-state index in [1.165, 1.54) is 0 Å². The van der Waals surface area contributed by atoms with Gasteiger partial charge >= 0.3 is 0 Å². The summed E-state index contributed by atoms with van der Waals surface area (Å²) >= 11 is 1.63. The molecule has 2 rings (SSSR count). The van der Waals surface area contributed by atoms with Gasteiger partial charge in [0.1, 0.15) is 11.8 Å². The van der Waals surface area contributed by atoms with Crippen LogP contribution in [0.15, 0.2) is 23.6 Å². The summed E-state index contributed by atoms with van der Waals surface area (Å²) in [5.41, 5.74) is 0.595. The summed E-state index contributed by atoms with van der Waals surface area (Å²) in [6.45, 7) is 0. The van der Waals surface area contributed by atoms with Gasteiger partial charge in [-0.15, -0.1) is 11.3 Å². The number of hydrogen-bond acceptors (Lipinski definition) is 3. The van der Waals surface area contributed by atoms with Crippen molar-refractivity contribution < 1.29 is 4.74 Å². The summed E-state index contributed by atoms with van der Waals surface area (Å²) in [7, 11) is 1.58. The van der Waals surface area contributed by atoms with Gasteiger partial charge in [0.2, 0.25) is 0 Å². The average molecular weight is 189 g/mol. The Balaban J connectivity index is 2.76. The topological polar surface area (TPSA) is 33.0 Å². The van der Waals surface area contributed by atoms with Crippen LogP contribution in [0, 0.1) is 11.3 Å². The first-order chi connectivity index (χ1) is 6.35. The first-order valence-corrected chi connectivity index (χ1v) is 4.68. The van der Waals surface area contributed by atoms with Crippen LogP contribution in [0.3, 0.4) is 0 Å². The van der Waals surface area contributed by atoms with Crippen LogP contribution in [-0.4, -0.2) is 7.11 Å². The molecule has 0 N–H and O–H groups in total. The summed E-state index contributed by atoms with van der Waals surface area (Å²) in [5, 5.41) is 12.0. The lowest BCUT2D eigenvalue weighted by Gasteiger charge is -2.01. The number of thiophene rings is 1. The van der Waals surface area contributed by atoms with Crippen molar-refractivity contribution in [2.75, 3.05) is 7.11 Å². The minimum absolute atomic E-state index is 0.595. The highest BCUT2D eigenvalue weighted by Gasteiger charge is 2.04. The van der Waals surface area contributed by atoms with Gasteiger partial charge in [-0.25, -0.2) is 0 Å². The van der Waals surface area contributed by atoms with Gasteiger partial charge in [0.25, 0.3) is 0 Å². The summed E-state index contributed by atoms with van der Waals surface area (Å²) in [6, 6.07) is 7.88. The van der Waals surface area contributed by atoms with Gasteiger partial charge < -0.3 is 4.74 Å². The zero-order chi connectivity index (χ0) is 9.26. The van der Waals surface area contributed by atoms with Gasteiger partial charge in [-0.1, -0.05) is 0 Å². The molecule has 0 aliphatic rings. The molecule has 2 aromatic rings. The lowest BCUT2D eigenvalue weighted by atomic mass is 10.2. The van der Waals surface area contributed by atoms with E-state index in [0.717, 1.165) is 10.1 Å². The van der Waals surface area contributed by atoms with Crippen LogP contribution in [0.4, 0.5) is 0 Å². The molecule has 64 valence electrons. The van der Waals surface area contributed by atoms with Crippen LogP contribution in [-0.2, 0) is 0 Å². The number of rotatable bonds is 1. The molecule has 1 aromatic carbocycles. The molecule has 0 amide bonds. The van der Waals surface area contributed by atoms with Crippen LogP contribution in [0.1, 0.15) is 5.56 Å².